The molecule has 1 aliphatic rings. The van der Waals surface area contributed by atoms with Crippen LogP contribution in [0.25, 0.3) is 0 Å². The summed E-state index contributed by atoms with van der Waals surface area (Å²) < 4.78 is 5.51. The van der Waals surface area contributed by atoms with Crippen LogP contribution in [0.15, 0.2) is 16.5 Å². The average Bonchev–Trinajstić information content (AvgIpc) is 2.79. The number of nitrogens with zero attached hydrogens (tertiary/aromatic N) is 1. The Morgan fingerprint density at radius 2 is 2.38 bits per heavy atom. The second-order valence-corrected chi connectivity index (χ2v) is 4.43. The summed E-state index contributed by atoms with van der Waals surface area (Å²) in [7, 11) is 0. The summed E-state index contributed by atoms with van der Waals surface area (Å²) in [6.45, 7) is 3.27. The van der Waals surface area contributed by atoms with Gasteiger partial charge in [-0.05, 0) is 31.7 Å². The van der Waals surface area contributed by atoms with Crippen molar-refractivity contribution in [2.45, 2.75) is 45.1 Å². The number of aldehydes is 1. The van der Waals surface area contributed by atoms with Crippen LogP contribution in [0.2, 0.25) is 0 Å². The van der Waals surface area contributed by atoms with E-state index in [-0.39, 0.29) is 0 Å². The molecule has 16 heavy (non-hydrogen) atoms. The number of carbonyl (C=O) groups excluding carboxylic acids is 1. The summed E-state index contributed by atoms with van der Waals surface area (Å²) >= 11 is 0. The van der Waals surface area contributed by atoms with E-state index >= 15 is 0 Å². The summed E-state index contributed by atoms with van der Waals surface area (Å²) in [6.07, 6.45) is 6.94. The highest BCUT2D eigenvalue weighted by atomic mass is 16.4. The zero-order chi connectivity index (χ0) is 11.4. The van der Waals surface area contributed by atoms with E-state index in [2.05, 4.69) is 11.8 Å². The summed E-state index contributed by atoms with van der Waals surface area (Å²) in [4.78, 5) is 12.9. The van der Waals surface area contributed by atoms with Gasteiger partial charge in [-0.2, -0.15) is 0 Å². The second-order valence-electron chi connectivity index (χ2n) is 4.43. The van der Waals surface area contributed by atoms with Crippen LogP contribution in [-0.4, -0.2) is 18.9 Å². The van der Waals surface area contributed by atoms with Gasteiger partial charge in [0.1, 0.15) is 0 Å². The van der Waals surface area contributed by atoms with Gasteiger partial charge in [0.25, 0.3) is 0 Å². The Bertz CT molecular complexity index is 343. The molecule has 1 unspecified atom stereocenters. The maximum atomic E-state index is 10.6. The molecule has 2 rings (SSSR count). The van der Waals surface area contributed by atoms with Crippen molar-refractivity contribution in [1.29, 1.82) is 0 Å². The first kappa shape index (κ1) is 11.2. The van der Waals surface area contributed by atoms with Crippen molar-refractivity contribution in [3.63, 3.8) is 0 Å². The van der Waals surface area contributed by atoms with Crippen molar-refractivity contribution in [1.82, 2.24) is 0 Å². The first-order valence-electron chi connectivity index (χ1n) is 6.16. The molecule has 1 atom stereocenters. The molecule has 3 heteroatoms. The van der Waals surface area contributed by atoms with E-state index in [0.29, 0.717) is 11.8 Å². The van der Waals surface area contributed by atoms with E-state index in [9.17, 15) is 4.79 Å². The van der Waals surface area contributed by atoms with Crippen LogP contribution in [0.4, 0.5) is 5.88 Å². The first-order chi connectivity index (χ1) is 7.85. The smallest absolute Gasteiger partial charge is 0.196 e. The summed E-state index contributed by atoms with van der Waals surface area (Å²) in [5, 5.41) is 0. The van der Waals surface area contributed by atoms with E-state index in [1.54, 1.807) is 6.07 Å². The molecule has 1 fully saturated rings. The molecule has 0 saturated carbocycles. The third-order valence-electron chi connectivity index (χ3n) is 3.26. The number of rotatable bonds is 4. The number of anilines is 1. The molecular formula is C13H19NO2. The van der Waals surface area contributed by atoms with Gasteiger partial charge < -0.3 is 9.32 Å². The quantitative estimate of drug-likeness (QED) is 0.732. The van der Waals surface area contributed by atoms with E-state index in [1.807, 2.05) is 6.07 Å². The monoisotopic (exact) mass is 221 g/mol. The minimum absolute atomic E-state index is 0.427. The van der Waals surface area contributed by atoms with E-state index in [4.69, 9.17) is 4.42 Å². The minimum atomic E-state index is 0.427. The predicted octanol–water partition coefficient (Wildman–Crippen LogP) is 3.25. The highest BCUT2D eigenvalue weighted by Gasteiger charge is 2.23. The lowest BCUT2D eigenvalue weighted by molar-refractivity contribution is 0.110. The van der Waals surface area contributed by atoms with Crippen molar-refractivity contribution in [2.75, 3.05) is 11.4 Å². The highest BCUT2D eigenvalue weighted by molar-refractivity contribution is 5.71. The largest absolute Gasteiger partial charge is 0.438 e. The molecule has 0 bridgehead atoms. The van der Waals surface area contributed by atoms with Gasteiger partial charge in [0.2, 0.25) is 0 Å². The van der Waals surface area contributed by atoms with E-state index in [0.717, 1.165) is 18.7 Å². The van der Waals surface area contributed by atoms with Crippen molar-refractivity contribution < 1.29 is 9.21 Å². The molecule has 1 aromatic heterocycles. The minimum Gasteiger partial charge on any atom is -0.438 e. The number of carbonyl (C=O) groups is 1. The van der Waals surface area contributed by atoms with Gasteiger partial charge in [-0.1, -0.05) is 13.3 Å². The van der Waals surface area contributed by atoms with Gasteiger partial charge in [0, 0.05) is 18.7 Å². The first-order valence-corrected chi connectivity index (χ1v) is 6.16. The fourth-order valence-electron chi connectivity index (χ4n) is 2.48. The van der Waals surface area contributed by atoms with Gasteiger partial charge in [0.15, 0.2) is 17.9 Å². The molecule has 3 nitrogen and oxygen atoms in total. The van der Waals surface area contributed by atoms with Crippen LogP contribution in [0.1, 0.15) is 49.6 Å². The van der Waals surface area contributed by atoms with Crippen LogP contribution < -0.4 is 4.90 Å². The van der Waals surface area contributed by atoms with E-state index < -0.39 is 0 Å². The number of piperidine rings is 1. The maximum absolute atomic E-state index is 10.6. The Morgan fingerprint density at radius 3 is 3.06 bits per heavy atom. The fourth-order valence-corrected chi connectivity index (χ4v) is 2.48. The SMILES string of the molecule is CCCC1CCCCN1c1ccc(C=O)o1. The molecule has 1 aromatic rings. The van der Waals surface area contributed by atoms with Gasteiger partial charge in [-0.15, -0.1) is 0 Å². The molecule has 2 heterocycles. The topological polar surface area (TPSA) is 33.5 Å². The molecule has 0 spiro atoms. The van der Waals surface area contributed by atoms with Crippen molar-refractivity contribution in [3.8, 4) is 0 Å². The molecule has 0 radical (unpaired) electrons. The summed E-state index contributed by atoms with van der Waals surface area (Å²) in [6, 6.07) is 4.25. The Labute approximate surface area is 96.4 Å². The number of hydrogen-bond acceptors (Lipinski definition) is 3. The standard InChI is InChI=1S/C13H19NO2/c1-2-5-11-6-3-4-9-14(11)13-8-7-12(10-15)16-13/h7-8,10-11H,2-6,9H2,1H3. The Morgan fingerprint density at radius 1 is 1.50 bits per heavy atom. The number of furan rings is 1. The predicted molar refractivity (Wildman–Crippen MR) is 64.0 cm³/mol. The van der Waals surface area contributed by atoms with Gasteiger partial charge in [-0.3, -0.25) is 4.79 Å². The van der Waals surface area contributed by atoms with Crippen LogP contribution >= 0.6 is 0 Å². The van der Waals surface area contributed by atoms with Crippen LogP contribution in [-0.2, 0) is 0 Å². The lowest BCUT2D eigenvalue weighted by atomic mass is 9.98. The Balaban J connectivity index is 2.12. The second kappa shape index (κ2) is 5.19. The third kappa shape index (κ3) is 2.29. The molecule has 0 aromatic carbocycles. The highest BCUT2D eigenvalue weighted by Crippen LogP contribution is 2.28. The van der Waals surface area contributed by atoms with E-state index in [1.165, 1.54) is 32.1 Å². The normalized spacial score (nSPS) is 21.1. The van der Waals surface area contributed by atoms with Crippen LogP contribution in [0.3, 0.4) is 0 Å². The average molecular weight is 221 g/mol. The van der Waals surface area contributed by atoms with Gasteiger partial charge >= 0.3 is 0 Å². The van der Waals surface area contributed by atoms with Gasteiger partial charge in [0.05, 0.1) is 0 Å². The van der Waals surface area contributed by atoms with Crippen molar-refractivity contribution >= 4 is 12.2 Å². The zero-order valence-corrected chi connectivity index (χ0v) is 9.82. The zero-order valence-electron chi connectivity index (χ0n) is 9.82. The van der Waals surface area contributed by atoms with Crippen LogP contribution in [0.5, 0.6) is 0 Å². The molecule has 0 N–H and O–H groups in total. The summed E-state index contributed by atoms with van der Waals surface area (Å²) in [5.41, 5.74) is 0. The number of hydrogen-bond donors (Lipinski definition) is 0. The molecule has 0 aliphatic carbocycles. The third-order valence-corrected chi connectivity index (χ3v) is 3.26. The van der Waals surface area contributed by atoms with Crippen LogP contribution in [0, 0.1) is 0 Å². The maximum Gasteiger partial charge on any atom is 0.196 e. The molecule has 1 saturated heterocycles. The lowest BCUT2D eigenvalue weighted by Crippen LogP contribution is -2.39. The Kier molecular flexibility index (Phi) is 3.65. The van der Waals surface area contributed by atoms with Crippen molar-refractivity contribution in [2.24, 2.45) is 0 Å². The Hall–Kier alpha value is -1.25. The van der Waals surface area contributed by atoms with Gasteiger partial charge in [-0.25, -0.2) is 0 Å². The molecule has 0 amide bonds. The molecule has 88 valence electrons. The summed E-state index contributed by atoms with van der Waals surface area (Å²) in [5.74, 6) is 1.29. The molecular weight excluding hydrogens is 202 g/mol. The van der Waals surface area contributed by atoms with Crippen molar-refractivity contribution in [3.05, 3.63) is 17.9 Å². The fraction of sp³-hybridized carbons (Fsp3) is 0.615. The lowest BCUT2D eigenvalue weighted by Gasteiger charge is -2.35. The molecule has 1 aliphatic heterocycles.